The molecule has 0 bridgehead atoms. The van der Waals surface area contributed by atoms with Crippen LogP contribution in [0.4, 0.5) is 0 Å². The molecule has 2 aliphatic heterocycles. The summed E-state index contributed by atoms with van der Waals surface area (Å²) in [5.74, 6) is 1.66. The lowest BCUT2D eigenvalue weighted by Gasteiger charge is -2.35. The lowest BCUT2D eigenvalue weighted by molar-refractivity contribution is 0.0815. The molecule has 0 saturated carbocycles. The summed E-state index contributed by atoms with van der Waals surface area (Å²) in [5, 5.41) is 10.1. The lowest BCUT2D eigenvalue weighted by atomic mass is 9.69. The van der Waals surface area contributed by atoms with Crippen LogP contribution in [0.25, 0.3) is 0 Å². The number of hydrogen-bond acceptors (Lipinski definition) is 4. The van der Waals surface area contributed by atoms with Crippen LogP contribution < -0.4 is 9.47 Å². The summed E-state index contributed by atoms with van der Waals surface area (Å²) < 4.78 is 11.9. The number of rotatable bonds is 3. The van der Waals surface area contributed by atoms with Crippen molar-refractivity contribution in [2.24, 2.45) is 0 Å². The molecule has 1 aliphatic carbocycles. The molecule has 128 valence electrons. The molecule has 2 heterocycles. The van der Waals surface area contributed by atoms with Gasteiger partial charge in [-0.05, 0) is 25.0 Å². The number of aliphatic hydroxyl groups excluding tert-OH is 1. The van der Waals surface area contributed by atoms with Gasteiger partial charge in [-0.1, -0.05) is 30.4 Å². The van der Waals surface area contributed by atoms with E-state index in [-0.39, 0.29) is 11.5 Å². The van der Waals surface area contributed by atoms with Crippen molar-refractivity contribution in [3.63, 3.8) is 0 Å². The third kappa shape index (κ3) is 2.28. The third-order valence-corrected chi connectivity index (χ3v) is 5.53. The Labute approximate surface area is 143 Å². The summed E-state index contributed by atoms with van der Waals surface area (Å²) in [6, 6.07) is 4.17. The SMILES string of the molecule is C=C(C)CN1CC[C@@]23C=C[C@@H](O)C[C@@H]2Oc2c(OC)ccc(c23)C1. The van der Waals surface area contributed by atoms with E-state index in [2.05, 4.69) is 30.5 Å². The number of benzene rings is 1. The first-order valence-electron chi connectivity index (χ1n) is 8.64. The molecule has 4 rings (SSSR count). The second-order valence-electron chi connectivity index (χ2n) is 7.36. The average molecular weight is 327 g/mol. The highest BCUT2D eigenvalue weighted by Crippen LogP contribution is 2.55. The third-order valence-electron chi connectivity index (χ3n) is 5.53. The fraction of sp³-hybridized carbons (Fsp3) is 0.500. The van der Waals surface area contributed by atoms with E-state index in [1.54, 1.807) is 7.11 Å². The van der Waals surface area contributed by atoms with Crippen LogP contribution in [0.15, 0.2) is 36.4 Å². The van der Waals surface area contributed by atoms with Crippen molar-refractivity contribution in [1.29, 1.82) is 0 Å². The first-order valence-corrected chi connectivity index (χ1v) is 8.64. The molecule has 1 aromatic carbocycles. The number of aliphatic hydroxyl groups is 1. The van der Waals surface area contributed by atoms with Gasteiger partial charge < -0.3 is 14.6 Å². The van der Waals surface area contributed by atoms with Crippen molar-refractivity contribution >= 4 is 0 Å². The van der Waals surface area contributed by atoms with Crippen molar-refractivity contribution in [1.82, 2.24) is 4.90 Å². The average Bonchev–Trinajstić information content (AvgIpc) is 2.78. The maximum atomic E-state index is 10.1. The molecule has 0 radical (unpaired) electrons. The van der Waals surface area contributed by atoms with Crippen LogP contribution in [0.3, 0.4) is 0 Å². The molecule has 0 saturated heterocycles. The Hall–Kier alpha value is -1.78. The lowest BCUT2D eigenvalue weighted by Crippen LogP contribution is -2.43. The Morgan fingerprint density at radius 3 is 3.08 bits per heavy atom. The van der Waals surface area contributed by atoms with Crippen molar-refractivity contribution in [2.75, 3.05) is 20.2 Å². The molecule has 1 N–H and O–H groups in total. The van der Waals surface area contributed by atoms with Crippen LogP contribution in [-0.4, -0.2) is 42.4 Å². The maximum Gasteiger partial charge on any atom is 0.166 e. The number of nitrogens with zero attached hydrogens (tertiary/aromatic N) is 1. The Balaban J connectivity index is 1.85. The van der Waals surface area contributed by atoms with Gasteiger partial charge in [0, 0.05) is 31.6 Å². The van der Waals surface area contributed by atoms with Gasteiger partial charge in [0.1, 0.15) is 6.10 Å². The van der Waals surface area contributed by atoms with Gasteiger partial charge in [-0.15, -0.1) is 0 Å². The highest BCUT2D eigenvalue weighted by atomic mass is 16.5. The van der Waals surface area contributed by atoms with Gasteiger partial charge in [-0.25, -0.2) is 0 Å². The number of hydrogen-bond donors (Lipinski definition) is 1. The molecule has 0 fully saturated rings. The van der Waals surface area contributed by atoms with Crippen molar-refractivity contribution in [3.8, 4) is 11.5 Å². The van der Waals surface area contributed by atoms with Gasteiger partial charge in [-0.3, -0.25) is 4.90 Å². The minimum Gasteiger partial charge on any atom is -0.493 e. The fourth-order valence-corrected chi connectivity index (χ4v) is 4.51. The van der Waals surface area contributed by atoms with E-state index in [0.29, 0.717) is 6.42 Å². The van der Waals surface area contributed by atoms with Crippen molar-refractivity contribution < 1.29 is 14.6 Å². The van der Waals surface area contributed by atoms with Crippen LogP contribution in [0.1, 0.15) is 30.9 Å². The Kier molecular flexibility index (Phi) is 3.70. The standard InChI is InChI=1S/C20H25NO3/c1-13(2)11-21-9-8-20-7-6-15(22)10-17(20)24-19-16(23-3)5-4-14(12-21)18(19)20/h4-7,15,17,22H,1,8-12H2,2-3H3/t15-,17+,20+/m1/s1. The van der Waals surface area contributed by atoms with Crippen molar-refractivity contribution in [3.05, 3.63) is 47.6 Å². The Morgan fingerprint density at radius 1 is 1.50 bits per heavy atom. The molecule has 24 heavy (non-hydrogen) atoms. The quantitative estimate of drug-likeness (QED) is 0.867. The molecule has 4 heteroatoms. The zero-order valence-electron chi connectivity index (χ0n) is 14.4. The topological polar surface area (TPSA) is 41.9 Å². The zero-order valence-corrected chi connectivity index (χ0v) is 14.4. The van der Waals surface area contributed by atoms with E-state index in [4.69, 9.17) is 9.47 Å². The van der Waals surface area contributed by atoms with E-state index in [9.17, 15) is 5.11 Å². The van der Waals surface area contributed by atoms with Gasteiger partial charge >= 0.3 is 0 Å². The summed E-state index contributed by atoms with van der Waals surface area (Å²) in [6.07, 6.45) is 5.29. The summed E-state index contributed by atoms with van der Waals surface area (Å²) in [7, 11) is 1.69. The maximum absolute atomic E-state index is 10.1. The number of ether oxygens (including phenoxy) is 2. The van der Waals surface area contributed by atoms with Gasteiger partial charge in [0.2, 0.25) is 0 Å². The monoisotopic (exact) mass is 327 g/mol. The predicted molar refractivity (Wildman–Crippen MR) is 93.6 cm³/mol. The van der Waals surface area contributed by atoms with Crippen LogP contribution in [0.5, 0.6) is 11.5 Å². The van der Waals surface area contributed by atoms with E-state index in [1.165, 1.54) is 16.7 Å². The van der Waals surface area contributed by atoms with Gasteiger partial charge in [0.25, 0.3) is 0 Å². The van der Waals surface area contributed by atoms with Gasteiger partial charge in [0.05, 0.1) is 18.6 Å². The predicted octanol–water partition coefficient (Wildman–Crippen LogP) is 2.80. The molecule has 0 aromatic heterocycles. The minimum atomic E-state index is -0.431. The zero-order chi connectivity index (χ0) is 16.9. The second-order valence-corrected chi connectivity index (χ2v) is 7.36. The molecule has 1 aromatic rings. The first kappa shape index (κ1) is 15.7. The smallest absolute Gasteiger partial charge is 0.166 e. The minimum absolute atomic E-state index is 0.0210. The highest BCUT2D eigenvalue weighted by Gasteiger charge is 2.52. The molecule has 1 spiro atoms. The molecule has 3 atom stereocenters. The first-order chi connectivity index (χ1) is 11.5. The normalized spacial score (nSPS) is 31.0. The van der Waals surface area contributed by atoms with Gasteiger partial charge in [-0.2, -0.15) is 0 Å². The largest absolute Gasteiger partial charge is 0.493 e. The van der Waals surface area contributed by atoms with E-state index in [1.807, 2.05) is 12.1 Å². The van der Waals surface area contributed by atoms with Crippen LogP contribution >= 0.6 is 0 Å². The van der Waals surface area contributed by atoms with Crippen LogP contribution in [-0.2, 0) is 12.0 Å². The molecular weight excluding hydrogens is 302 g/mol. The summed E-state index contributed by atoms with van der Waals surface area (Å²) in [6.45, 7) is 8.95. The van der Waals surface area contributed by atoms with Crippen molar-refractivity contribution in [2.45, 2.75) is 43.9 Å². The van der Waals surface area contributed by atoms with E-state index < -0.39 is 6.10 Å². The van der Waals surface area contributed by atoms with Gasteiger partial charge in [0.15, 0.2) is 11.5 Å². The molecule has 3 aliphatic rings. The Morgan fingerprint density at radius 2 is 2.33 bits per heavy atom. The summed E-state index contributed by atoms with van der Waals surface area (Å²) >= 11 is 0. The second kappa shape index (κ2) is 5.64. The fourth-order valence-electron chi connectivity index (χ4n) is 4.51. The molecule has 0 unspecified atom stereocenters. The van der Waals surface area contributed by atoms with E-state index >= 15 is 0 Å². The summed E-state index contributed by atoms with van der Waals surface area (Å²) in [5.41, 5.74) is 3.59. The highest BCUT2D eigenvalue weighted by molar-refractivity contribution is 5.61. The number of methoxy groups -OCH3 is 1. The van der Waals surface area contributed by atoms with Crippen LogP contribution in [0, 0.1) is 0 Å². The molecule has 4 nitrogen and oxygen atoms in total. The summed E-state index contributed by atoms with van der Waals surface area (Å²) in [4.78, 5) is 2.45. The van der Waals surface area contributed by atoms with Crippen LogP contribution in [0.2, 0.25) is 0 Å². The molecule has 0 amide bonds. The Bertz CT molecular complexity index is 711. The molecular formula is C20H25NO3. The van der Waals surface area contributed by atoms with E-state index in [0.717, 1.165) is 37.6 Å².